The molecular formula is C14H22N2O4S. The lowest BCUT2D eigenvalue weighted by molar-refractivity contribution is -0.147. The van der Waals surface area contributed by atoms with Crippen molar-refractivity contribution in [3.63, 3.8) is 0 Å². The number of hydrogen-bond donors (Lipinski definition) is 3. The van der Waals surface area contributed by atoms with Crippen molar-refractivity contribution in [2.24, 2.45) is 0 Å². The highest BCUT2D eigenvalue weighted by molar-refractivity contribution is 8.00. The standard InChI is InChI=1S/C14H22N2O4S/c1-3-5-8-7-21-13-10(15-9(17)6-4-2)12(18)16(13)11(8)14(19)20/h10,12-13,18H,3-7H2,1-2H3,(H,15,17)(H,19,20)/t10?,12-,13?/m0/s1. The lowest BCUT2D eigenvalue weighted by Crippen LogP contribution is -2.73. The van der Waals surface area contributed by atoms with Gasteiger partial charge in [0.25, 0.3) is 0 Å². The molecule has 2 aliphatic heterocycles. The van der Waals surface area contributed by atoms with Crippen molar-refractivity contribution in [1.29, 1.82) is 0 Å². The first-order valence-corrected chi connectivity index (χ1v) is 8.38. The van der Waals surface area contributed by atoms with E-state index >= 15 is 0 Å². The van der Waals surface area contributed by atoms with Crippen LogP contribution in [0.1, 0.15) is 39.5 Å². The van der Waals surface area contributed by atoms with Crippen LogP contribution in [-0.4, -0.2) is 50.4 Å². The molecule has 21 heavy (non-hydrogen) atoms. The van der Waals surface area contributed by atoms with E-state index in [1.54, 1.807) is 11.8 Å². The van der Waals surface area contributed by atoms with Crippen molar-refractivity contribution in [3.05, 3.63) is 11.3 Å². The van der Waals surface area contributed by atoms with Gasteiger partial charge in [0.2, 0.25) is 5.91 Å². The van der Waals surface area contributed by atoms with Crippen molar-refractivity contribution >= 4 is 23.6 Å². The quantitative estimate of drug-likeness (QED) is 0.681. The molecule has 3 N–H and O–H groups in total. The van der Waals surface area contributed by atoms with Crippen LogP contribution < -0.4 is 5.32 Å². The lowest BCUT2D eigenvalue weighted by Gasteiger charge is -2.55. The summed E-state index contributed by atoms with van der Waals surface area (Å²) in [4.78, 5) is 24.7. The number of carboxylic acid groups (broad SMARTS) is 1. The second-order valence-electron chi connectivity index (χ2n) is 5.37. The van der Waals surface area contributed by atoms with Gasteiger partial charge in [-0.05, 0) is 18.4 Å². The third kappa shape index (κ3) is 3.03. The van der Waals surface area contributed by atoms with E-state index in [-0.39, 0.29) is 17.0 Å². The van der Waals surface area contributed by atoms with Crippen molar-refractivity contribution in [3.8, 4) is 0 Å². The van der Waals surface area contributed by atoms with Crippen LogP contribution in [0.4, 0.5) is 0 Å². The summed E-state index contributed by atoms with van der Waals surface area (Å²) in [6.45, 7) is 3.92. The van der Waals surface area contributed by atoms with Crippen molar-refractivity contribution in [2.45, 2.75) is 57.2 Å². The molecule has 2 rings (SSSR count). The second kappa shape index (κ2) is 6.70. The van der Waals surface area contributed by atoms with Crippen LogP contribution in [0.2, 0.25) is 0 Å². The number of fused-ring (bicyclic) bond motifs is 1. The Morgan fingerprint density at radius 3 is 2.67 bits per heavy atom. The molecule has 1 fully saturated rings. The zero-order chi connectivity index (χ0) is 15.6. The number of amides is 1. The average molecular weight is 314 g/mol. The maximum atomic E-state index is 11.7. The summed E-state index contributed by atoms with van der Waals surface area (Å²) in [6.07, 6.45) is 1.80. The van der Waals surface area contributed by atoms with Crippen LogP contribution in [0.15, 0.2) is 11.3 Å². The number of thioether (sulfide) groups is 1. The Balaban J connectivity index is 2.13. The van der Waals surface area contributed by atoms with E-state index in [9.17, 15) is 19.8 Å². The zero-order valence-electron chi connectivity index (χ0n) is 12.3. The molecule has 0 aromatic heterocycles. The van der Waals surface area contributed by atoms with E-state index in [0.29, 0.717) is 12.2 Å². The molecule has 1 saturated heterocycles. The fourth-order valence-corrected chi connectivity index (χ4v) is 4.27. The summed E-state index contributed by atoms with van der Waals surface area (Å²) >= 11 is 1.58. The monoisotopic (exact) mass is 314 g/mol. The van der Waals surface area contributed by atoms with Crippen LogP contribution in [0.5, 0.6) is 0 Å². The minimum Gasteiger partial charge on any atom is -0.477 e. The highest BCUT2D eigenvalue weighted by atomic mass is 32.2. The van der Waals surface area contributed by atoms with Gasteiger partial charge < -0.3 is 20.4 Å². The van der Waals surface area contributed by atoms with Gasteiger partial charge in [-0.25, -0.2) is 4.79 Å². The van der Waals surface area contributed by atoms with Gasteiger partial charge in [0.05, 0.1) is 0 Å². The third-order valence-electron chi connectivity index (χ3n) is 3.77. The molecular weight excluding hydrogens is 292 g/mol. The minimum atomic E-state index is -0.999. The molecule has 0 saturated carbocycles. The number of aliphatic carboxylic acids is 1. The summed E-state index contributed by atoms with van der Waals surface area (Å²) in [5.41, 5.74) is 1.08. The molecule has 0 radical (unpaired) electrons. The lowest BCUT2D eigenvalue weighted by atomic mass is 9.99. The summed E-state index contributed by atoms with van der Waals surface area (Å²) < 4.78 is 0. The average Bonchev–Trinajstić information content (AvgIpc) is 2.44. The van der Waals surface area contributed by atoms with Crippen LogP contribution in [0.25, 0.3) is 0 Å². The van der Waals surface area contributed by atoms with Gasteiger partial charge in [-0.3, -0.25) is 4.79 Å². The van der Waals surface area contributed by atoms with Crippen molar-refractivity contribution < 1.29 is 19.8 Å². The number of carbonyl (C=O) groups excluding carboxylic acids is 1. The number of aliphatic hydroxyl groups is 1. The van der Waals surface area contributed by atoms with Gasteiger partial charge >= 0.3 is 5.97 Å². The van der Waals surface area contributed by atoms with E-state index in [1.165, 1.54) is 4.90 Å². The minimum absolute atomic E-state index is 0.0954. The molecule has 2 heterocycles. The van der Waals surface area contributed by atoms with E-state index in [4.69, 9.17) is 0 Å². The molecule has 0 bridgehead atoms. The first-order valence-electron chi connectivity index (χ1n) is 7.33. The second-order valence-corrected chi connectivity index (χ2v) is 6.48. The first kappa shape index (κ1) is 16.2. The molecule has 2 aliphatic rings. The van der Waals surface area contributed by atoms with E-state index in [1.807, 2.05) is 13.8 Å². The molecule has 2 unspecified atom stereocenters. The Morgan fingerprint density at radius 1 is 1.38 bits per heavy atom. The van der Waals surface area contributed by atoms with Gasteiger partial charge in [-0.1, -0.05) is 20.3 Å². The number of rotatable bonds is 6. The molecule has 1 amide bonds. The van der Waals surface area contributed by atoms with E-state index in [2.05, 4.69) is 5.32 Å². The molecule has 0 aromatic rings. The summed E-state index contributed by atoms with van der Waals surface area (Å²) in [7, 11) is 0. The molecule has 118 valence electrons. The fourth-order valence-electron chi connectivity index (χ4n) is 2.81. The van der Waals surface area contributed by atoms with Gasteiger partial charge in [0.15, 0.2) is 6.23 Å². The molecule has 6 nitrogen and oxygen atoms in total. The topological polar surface area (TPSA) is 89.9 Å². The van der Waals surface area contributed by atoms with Crippen LogP contribution in [0, 0.1) is 0 Å². The summed E-state index contributed by atoms with van der Waals surface area (Å²) in [5.74, 6) is -0.452. The largest absolute Gasteiger partial charge is 0.477 e. The van der Waals surface area contributed by atoms with Gasteiger partial charge in [-0.15, -0.1) is 11.8 Å². The van der Waals surface area contributed by atoms with Crippen LogP contribution in [-0.2, 0) is 9.59 Å². The maximum Gasteiger partial charge on any atom is 0.352 e. The van der Waals surface area contributed by atoms with Gasteiger partial charge in [0.1, 0.15) is 17.1 Å². The number of carbonyl (C=O) groups is 2. The maximum absolute atomic E-state index is 11.7. The smallest absolute Gasteiger partial charge is 0.352 e. The number of nitrogens with one attached hydrogen (secondary N) is 1. The Bertz CT molecular complexity index is 466. The van der Waals surface area contributed by atoms with E-state index in [0.717, 1.165) is 24.8 Å². The molecule has 0 aliphatic carbocycles. The molecule has 7 heteroatoms. The Labute approximate surface area is 128 Å². The zero-order valence-corrected chi connectivity index (χ0v) is 13.2. The fraction of sp³-hybridized carbons (Fsp3) is 0.714. The Hall–Kier alpha value is -1.21. The van der Waals surface area contributed by atoms with Crippen molar-refractivity contribution in [1.82, 2.24) is 10.2 Å². The molecule has 0 aromatic carbocycles. The van der Waals surface area contributed by atoms with Crippen LogP contribution >= 0.6 is 11.8 Å². The van der Waals surface area contributed by atoms with Gasteiger partial charge in [0, 0.05) is 12.2 Å². The molecule has 0 spiro atoms. The van der Waals surface area contributed by atoms with E-state index < -0.39 is 18.2 Å². The highest BCUT2D eigenvalue weighted by Gasteiger charge is 2.53. The highest BCUT2D eigenvalue weighted by Crippen LogP contribution is 2.43. The SMILES string of the molecule is CCCC(=O)NC1C2SCC(CCC)=C(C(=O)O)N2[C@H]1O. The van der Waals surface area contributed by atoms with Crippen molar-refractivity contribution in [2.75, 3.05) is 5.75 Å². The normalized spacial score (nSPS) is 28.0. The number of aliphatic hydroxyl groups excluding tert-OH is 1. The molecule has 3 atom stereocenters. The van der Waals surface area contributed by atoms with Gasteiger partial charge in [-0.2, -0.15) is 0 Å². The third-order valence-corrected chi connectivity index (χ3v) is 5.15. The number of carboxylic acids is 1. The number of nitrogens with zero attached hydrogens (tertiary/aromatic N) is 1. The van der Waals surface area contributed by atoms with Crippen LogP contribution in [0.3, 0.4) is 0 Å². The Morgan fingerprint density at radius 2 is 2.10 bits per heavy atom. The number of hydrogen-bond acceptors (Lipinski definition) is 5. The summed E-state index contributed by atoms with van der Waals surface area (Å²) in [6, 6.07) is -0.397. The predicted octanol–water partition coefficient (Wildman–Crippen LogP) is 1.12. The summed E-state index contributed by atoms with van der Waals surface area (Å²) in [5, 5.41) is 22.3. The predicted molar refractivity (Wildman–Crippen MR) is 80.5 cm³/mol. The first-order chi connectivity index (χ1) is 10.0. The Kier molecular flexibility index (Phi) is 5.16.